The van der Waals surface area contributed by atoms with E-state index in [-0.39, 0.29) is 11.4 Å². The van der Waals surface area contributed by atoms with Gasteiger partial charge in [0, 0.05) is 10.5 Å². The van der Waals surface area contributed by atoms with Crippen LogP contribution in [0.4, 0.5) is 0 Å². The summed E-state index contributed by atoms with van der Waals surface area (Å²) in [6, 6.07) is 6.74. The summed E-state index contributed by atoms with van der Waals surface area (Å²) in [6.07, 6.45) is 0. The molecule has 0 saturated carbocycles. The van der Waals surface area contributed by atoms with Gasteiger partial charge in [0.1, 0.15) is 5.76 Å². The first-order chi connectivity index (χ1) is 8.90. The first kappa shape index (κ1) is 14.2. The molecule has 0 bridgehead atoms. The number of nitrogens with one attached hydrogen (secondary N) is 1. The molecule has 2 rings (SSSR count). The fourth-order valence-corrected chi connectivity index (χ4v) is 3.39. The molecule has 0 aliphatic carbocycles. The number of halogens is 1. The fraction of sp³-hybridized carbons (Fsp3) is 0.250. The number of nitrogens with zero attached hydrogens (tertiary/aromatic N) is 1. The van der Waals surface area contributed by atoms with E-state index in [1.54, 1.807) is 38.1 Å². The highest BCUT2D eigenvalue weighted by molar-refractivity contribution is 9.10. The summed E-state index contributed by atoms with van der Waals surface area (Å²) >= 11 is 3.32. The highest BCUT2D eigenvalue weighted by Crippen LogP contribution is 2.23. The zero-order chi connectivity index (χ0) is 14.0. The molecule has 0 amide bonds. The van der Waals surface area contributed by atoms with Crippen molar-refractivity contribution >= 4 is 26.0 Å². The summed E-state index contributed by atoms with van der Waals surface area (Å²) in [7, 11) is -3.56. The molecule has 1 heterocycles. The Hall–Kier alpha value is -1.18. The number of sulfonamides is 1. The predicted molar refractivity (Wildman–Crippen MR) is 74.1 cm³/mol. The van der Waals surface area contributed by atoms with Crippen LogP contribution in [0.3, 0.4) is 0 Å². The average molecular weight is 345 g/mol. The van der Waals surface area contributed by atoms with E-state index in [2.05, 4.69) is 25.8 Å². The van der Waals surface area contributed by atoms with Gasteiger partial charge in [-0.05, 0) is 31.5 Å². The SMILES string of the molecule is Cc1cc(CNS(=O)(=O)c2cccc(Br)c2C)no1. The Balaban J connectivity index is 2.21. The third-order valence-electron chi connectivity index (χ3n) is 2.63. The summed E-state index contributed by atoms with van der Waals surface area (Å²) in [4.78, 5) is 0.252. The van der Waals surface area contributed by atoms with Crippen molar-refractivity contribution in [3.8, 4) is 0 Å². The van der Waals surface area contributed by atoms with Crippen molar-refractivity contribution < 1.29 is 12.9 Å². The van der Waals surface area contributed by atoms with Crippen molar-refractivity contribution in [1.29, 1.82) is 0 Å². The molecule has 7 heteroatoms. The second-order valence-corrected chi connectivity index (χ2v) is 6.71. The number of hydrogen-bond acceptors (Lipinski definition) is 4. The zero-order valence-electron chi connectivity index (χ0n) is 10.5. The lowest BCUT2D eigenvalue weighted by Gasteiger charge is -2.09. The highest BCUT2D eigenvalue weighted by atomic mass is 79.9. The minimum Gasteiger partial charge on any atom is -0.361 e. The van der Waals surface area contributed by atoms with Crippen LogP contribution in [0.15, 0.2) is 38.2 Å². The van der Waals surface area contributed by atoms with Crippen LogP contribution in [0.25, 0.3) is 0 Å². The Morgan fingerprint density at radius 1 is 1.37 bits per heavy atom. The van der Waals surface area contributed by atoms with Crippen LogP contribution in [-0.4, -0.2) is 13.6 Å². The van der Waals surface area contributed by atoms with Crippen LogP contribution in [-0.2, 0) is 16.6 Å². The van der Waals surface area contributed by atoms with Gasteiger partial charge in [-0.2, -0.15) is 0 Å². The van der Waals surface area contributed by atoms with Gasteiger partial charge in [0.2, 0.25) is 10.0 Å². The van der Waals surface area contributed by atoms with E-state index in [1.807, 2.05) is 0 Å². The van der Waals surface area contributed by atoms with Gasteiger partial charge in [0.05, 0.1) is 17.1 Å². The number of rotatable bonds is 4. The van der Waals surface area contributed by atoms with E-state index in [0.717, 1.165) is 4.47 Å². The van der Waals surface area contributed by atoms with Crippen molar-refractivity contribution in [2.45, 2.75) is 25.3 Å². The average Bonchev–Trinajstić information content (AvgIpc) is 2.76. The van der Waals surface area contributed by atoms with Crippen LogP contribution in [0.2, 0.25) is 0 Å². The molecule has 0 atom stereocenters. The van der Waals surface area contributed by atoms with Gasteiger partial charge in [-0.15, -0.1) is 0 Å². The standard InChI is InChI=1S/C12H13BrN2O3S/c1-8-6-10(15-18-8)7-14-19(16,17)12-5-3-4-11(13)9(12)2/h3-6,14H,7H2,1-2H3. The van der Waals surface area contributed by atoms with Crippen LogP contribution in [0, 0.1) is 13.8 Å². The highest BCUT2D eigenvalue weighted by Gasteiger charge is 2.18. The van der Waals surface area contributed by atoms with Crippen LogP contribution >= 0.6 is 15.9 Å². The minimum atomic E-state index is -3.56. The molecule has 0 aliphatic rings. The van der Waals surface area contributed by atoms with E-state index in [1.165, 1.54) is 0 Å². The molecule has 102 valence electrons. The van der Waals surface area contributed by atoms with Crippen LogP contribution in [0.1, 0.15) is 17.0 Å². The molecule has 0 saturated heterocycles. The second kappa shape index (κ2) is 5.44. The van der Waals surface area contributed by atoms with Crippen molar-refractivity contribution in [1.82, 2.24) is 9.88 Å². The molecule has 0 fully saturated rings. The minimum absolute atomic E-state index is 0.103. The quantitative estimate of drug-likeness (QED) is 0.924. The Morgan fingerprint density at radius 3 is 2.74 bits per heavy atom. The second-order valence-electron chi connectivity index (χ2n) is 4.12. The van der Waals surface area contributed by atoms with E-state index in [4.69, 9.17) is 4.52 Å². The van der Waals surface area contributed by atoms with E-state index in [9.17, 15) is 8.42 Å². The lowest BCUT2D eigenvalue weighted by Crippen LogP contribution is -2.24. The zero-order valence-corrected chi connectivity index (χ0v) is 12.9. The van der Waals surface area contributed by atoms with Crippen LogP contribution in [0.5, 0.6) is 0 Å². The maximum absolute atomic E-state index is 12.2. The Labute approximate surface area is 120 Å². The monoisotopic (exact) mass is 344 g/mol. The van der Waals surface area contributed by atoms with E-state index >= 15 is 0 Å². The Kier molecular flexibility index (Phi) is 4.07. The molecule has 5 nitrogen and oxygen atoms in total. The number of benzene rings is 1. The van der Waals surface area contributed by atoms with Gasteiger partial charge in [-0.25, -0.2) is 13.1 Å². The summed E-state index contributed by atoms with van der Waals surface area (Å²) < 4.78 is 32.5. The molecular weight excluding hydrogens is 332 g/mol. The summed E-state index contributed by atoms with van der Waals surface area (Å²) in [5, 5.41) is 3.74. The van der Waals surface area contributed by atoms with Crippen molar-refractivity contribution in [3.63, 3.8) is 0 Å². The maximum Gasteiger partial charge on any atom is 0.241 e. The number of hydrogen-bond donors (Lipinski definition) is 1. The molecule has 0 unspecified atom stereocenters. The van der Waals surface area contributed by atoms with Gasteiger partial charge in [0.15, 0.2) is 0 Å². The van der Waals surface area contributed by atoms with Crippen LogP contribution < -0.4 is 4.72 Å². The van der Waals surface area contributed by atoms with Crippen molar-refractivity contribution in [3.05, 3.63) is 45.8 Å². The van der Waals surface area contributed by atoms with Gasteiger partial charge < -0.3 is 4.52 Å². The fourth-order valence-electron chi connectivity index (χ4n) is 1.63. The Morgan fingerprint density at radius 2 is 2.11 bits per heavy atom. The van der Waals surface area contributed by atoms with Crippen molar-refractivity contribution in [2.24, 2.45) is 0 Å². The molecule has 0 radical (unpaired) electrons. The molecule has 1 aromatic carbocycles. The van der Waals surface area contributed by atoms with E-state index < -0.39 is 10.0 Å². The smallest absolute Gasteiger partial charge is 0.241 e. The number of aryl methyl sites for hydroxylation is 1. The van der Waals surface area contributed by atoms with Gasteiger partial charge in [0.25, 0.3) is 0 Å². The maximum atomic E-state index is 12.2. The topological polar surface area (TPSA) is 72.2 Å². The Bertz CT molecular complexity index is 695. The van der Waals surface area contributed by atoms with Crippen molar-refractivity contribution in [2.75, 3.05) is 0 Å². The lowest BCUT2D eigenvalue weighted by atomic mass is 10.2. The van der Waals surface area contributed by atoms with Gasteiger partial charge in [-0.1, -0.05) is 27.2 Å². The third-order valence-corrected chi connectivity index (χ3v) is 5.03. The molecular formula is C12H13BrN2O3S. The largest absolute Gasteiger partial charge is 0.361 e. The molecule has 0 aliphatic heterocycles. The summed E-state index contributed by atoms with van der Waals surface area (Å²) in [5.41, 5.74) is 1.22. The number of aromatic nitrogens is 1. The predicted octanol–water partition coefficient (Wildman–Crippen LogP) is 2.53. The molecule has 1 aromatic heterocycles. The molecule has 19 heavy (non-hydrogen) atoms. The van der Waals surface area contributed by atoms with Gasteiger partial charge in [-0.3, -0.25) is 0 Å². The van der Waals surface area contributed by atoms with Gasteiger partial charge >= 0.3 is 0 Å². The molecule has 0 spiro atoms. The van der Waals surface area contributed by atoms with E-state index in [0.29, 0.717) is 17.0 Å². The normalized spacial score (nSPS) is 11.7. The molecule has 2 aromatic rings. The lowest BCUT2D eigenvalue weighted by molar-refractivity contribution is 0.390. The summed E-state index contributed by atoms with van der Waals surface area (Å²) in [6.45, 7) is 3.61. The molecule has 1 N–H and O–H groups in total. The first-order valence-corrected chi connectivity index (χ1v) is 7.85. The first-order valence-electron chi connectivity index (χ1n) is 5.57. The summed E-state index contributed by atoms with van der Waals surface area (Å²) in [5.74, 6) is 0.646. The third kappa shape index (κ3) is 3.23.